The number of aromatic nitrogens is 3. The zero-order chi connectivity index (χ0) is 17.1. The molecular weight excluding hydrogens is 306 g/mol. The number of methoxy groups -OCH3 is 1. The molecule has 0 amide bonds. The van der Waals surface area contributed by atoms with Crippen LogP contribution < -0.4 is 5.73 Å². The lowest BCUT2D eigenvalue weighted by Crippen LogP contribution is -2.29. The quantitative estimate of drug-likeness (QED) is 0.490. The maximum Gasteiger partial charge on any atom is 0.300 e. The van der Waals surface area contributed by atoms with E-state index in [9.17, 15) is 15.2 Å². The lowest BCUT2D eigenvalue weighted by Gasteiger charge is -2.27. The van der Waals surface area contributed by atoms with Crippen LogP contribution in [0, 0.1) is 16.0 Å². The summed E-state index contributed by atoms with van der Waals surface area (Å²) >= 11 is 0. The SMILES string of the molecule is COC(C(C)[C@H](O)CCO)n1cc([N+](=O)[O-])c2c(N)ncnc21. The van der Waals surface area contributed by atoms with Gasteiger partial charge in [0, 0.05) is 19.6 Å². The molecule has 0 saturated carbocycles. The molecule has 23 heavy (non-hydrogen) atoms. The first kappa shape index (κ1) is 17.1. The van der Waals surface area contributed by atoms with Crippen LogP contribution in [0.1, 0.15) is 19.6 Å². The second-order valence-electron chi connectivity index (χ2n) is 5.20. The van der Waals surface area contributed by atoms with Crippen molar-refractivity contribution in [1.82, 2.24) is 14.5 Å². The van der Waals surface area contributed by atoms with Gasteiger partial charge in [-0.2, -0.15) is 0 Å². The number of nitro groups is 1. The molecule has 0 bridgehead atoms. The normalized spacial score (nSPS) is 15.5. The summed E-state index contributed by atoms with van der Waals surface area (Å²) in [4.78, 5) is 18.5. The maximum atomic E-state index is 11.3. The fraction of sp³-hybridized carbons (Fsp3) is 0.538. The van der Waals surface area contributed by atoms with Gasteiger partial charge in [0.05, 0.1) is 17.2 Å². The highest BCUT2D eigenvalue weighted by molar-refractivity contribution is 5.95. The van der Waals surface area contributed by atoms with Crippen molar-refractivity contribution in [2.75, 3.05) is 19.5 Å². The second-order valence-corrected chi connectivity index (χ2v) is 5.20. The molecule has 0 radical (unpaired) electrons. The lowest BCUT2D eigenvalue weighted by molar-refractivity contribution is -0.383. The van der Waals surface area contributed by atoms with E-state index in [1.165, 1.54) is 24.2 Å². The molecule has 0 aliphatic rings. The van der Waals surface area contributed by atoms with Crippen molar-refractivity contribution in [2.45, 2.75) is 25.7 Å². The van der Waals surface area contributed by atoms with Crippen LogP contribution in [0.3, 0.4) is 0 Å². The number of nitrogens with zero attached hydrogens (tertiary/aromatic N) is 4. The zero-order valence-corrected chi connectivity index (χ0v) is 12.8. The van der Waals surface area contributed by atoms with Gasteiger partial charge in [-0.25, -0.2) is 9.97 Å². The van der Waals surface area contributed by atoms with Crippen LogP contribution in [0.4, 0.5) is 11.5 Å². The van der Waals surface area contributed by atoms with E-state index in [2.05, 4.69) is 9.97 Å². The highest BCUT2D eigenvalue weighted by atomic mass is 16.6. The Labute approximate surface area is 131 Å². The van der Waals surface area contributed by atoms with Crippen molar-refractivity contribution in [3.8, 4) is 0 Å². The number of nitrogen functional groups attached to an aromatic ring is 1. The van der Waals surface area contributed by atoms with Crippen LogP contribution in [-0.4, -0.2) is 49.5 Å². The number of hydrogen-bond donors (Lipinski definition) is 3. The van der Waals surface area contributed by atoms with Gasteiger partial charge in [-0.1, -0.05) is 6.92 Å². The van der Waals surface area contributed by atoms with Crippen molar-refractivity contribution in [3.05, 3.63) is 22.6 Å². The zero-order valence-electron chi connectivity index (χ0n) is 12.8. The Morgan fingerprint density at radius 2 is 2.22 bits per heavy atom. The van der Waals surface area contributed by atoms with E-state index in [1.54, 1.807) is 6.92 Å². The molecule has 2 rings (SSSR count). The van der Waals surface area contributed by atoms with Gasteiger partial charge in [0.25, 0.3) is 5.69 Å². The van der Waals surface area contributed by atoms with Gasteiger partial charge < -0.3 is 20.7 Å². The summed E-state index contributed by atoms with van der Waals surface area (Å²) in [6.45, 7) is 1.54. The number of anilines is 1. The van der Waals surface area contributed by atoms with E-state index in [4.69, 9.17) is 15.6 Å². The number of ether oxygens (including phenoxy) is 1. The summed E-state index contributed by atoms with van der Waals surface area (Å²) in [5.41, 5.74) is 5.76. The van der Waals surface area contributed by atoms with Gasteiger partial charge in [-0.05, 0) is 6.42 Å². The highest BCUT2D eigenvalue weighted by Gasteiger charge is 2.31. The Balaban J connectivity index is 2.57. The van der Waals surface area contributed by atoms with Gasteiger partial charge >= 0.3 is 0 Å². The summed E-state index contributed by atoms with van der Waals surface area (Å²) < 4.78 is 6.86. The van der Waals surface area contributed by atoms with Crippen LogP contribution in [0.2, 0.25) is 0 Å². The molecule has 2 heterocycles. The molecule has 0 aliphatic heterocycles. The van der Waals surface area contributed by atoms with E-state index >= 15 is 0 Å². The van der Waals surface area contributed by atoms with Crippen molar-refractivity contribution in [1.29, 1.82) is 0 Å². The standard InChI is InChI=1S/C13H19N5O5/c1-7(9(20)3-4-19)13(23-2)17-5-8(18(21)22)10-11(14)15-6-16-12(10)17/h5-7,9,13,19-20H,3-4H2,1-2H3,(H2,14,15,16)/t7?,9-,13?/m1/s1. The average Bonchev–Trinajstić information content (AvgIpc) is 2.89. The Hall–Kier alpha value is -2.30. The summed E-state index contributed by atoms with van der Waals surface area (Å²) in [6.07, 6.45) is 1.08. The molecule has 126 valence electrons. The smallest absolute Gasteiger partial charge is 0.300 e. The minimum absolute atomic E-state index is 0.00105. The average molecular weight is 325 g/mol. The van der Waals surface area contributed by atoms with Crippen LogP contribution in [-0.2, 0) is 4.74 Å². The molecule has 0 aliphatic carbocycles. The third kappa shape index (κ3) is 3.09. The summed E-state index contributed by atoms with van der Waals surface area (Å²) in [5, 5.41) is 30.4. The maximum absolute atomic E-state index is 11.3. The second kappa shape index (κ2) is 6.86. The first-order valence-electron chi connectivity index (χ1n) is 6.99. The monoisotopic (exact) mass is 325 g/mol. The van der Waals surface area contributed by atoms with Gasteiger partial charge in [-0.15, -0.1) is 0 Å². The molecule has 2 unspecified atom stereocenters. The Bertz CT molecular complexity index is 703. The van der Waals surface area contributed by atoms with Gasteiger partial charge in [0.2, 0.25) is 0 Å². The molecule has 10 nitrogen and oxygen atoms in total. The van der Waals surface area contributed by atoms with Crippen LogP contribution in [0.25, 0.3) is 11.0 Å². The van der Waals surface area contributed by atoms with E-state index in [-0.39, 0.29) is 35.6 Å². The highest BCUT2D eigenvalue weighted by Crippen LogP contribution is 2.35. The predicted octanol–water partition coefficient (Wildman–Crippen LogP) is 0.446. The van der Waals surface area contributed by atoms with Crippen molar-refractivity contribution >= 4 is 22.5 Å². The van der Waals surface area contributed by atoms with Crippen LogP contribution in [0.5, 0.6) is 0 Å². The summed E-state index contributed by atoms with van der Waals surface area (Å²) in [6, 6.07) is 0. The van der Waals surface area contributed by atoms with E-state index in [0.717, 1.165) is 0 Å². The first-order valence-corrected chi connectivity index (χ1v) is 6.99. The number of rotatable bonds is 7. The molecular formula is C13H19N5O5. The van der Waals surface area contributed by atoms with Crippen LogP contribution >= 0.6 is 0 Å². The number of nitrogens with two attached hydrogens (primary N) is 1. The fourth-order valence-electron chi connectivity index (χ4n) is 2.59. The molecule has 2 aromatic heterocycles. The van der Waals surface area contributed by atoms with Crippen molar-refractivity contribution < 1.29 is 19.9 Å². The van der Waals surface area contributed by atoms with Gasteiger partial charge in [0.1, 0.15) is 23.8 Å². The summed E-state index contributed by atoms with van der Waals surface area (Å²) in [5.74, 6) is -0.447. The number of aliphatic hydroxyl groups excluding tert-OH is 2. The number of hydrogen-bond acceptors (Lipinski definition) is 8. The van der Waals surface area contributed by atoms with E-state index < -0.39 is 23.2 Å². The Kier molecular flexibility index (Phi) is 5.08. The lowest BCUT2D eigenvalue weighted by atomic mass is 10.00. The molecule has 0 spiro atoms. The van der Waals surface area contributed by atoms with Gasteiger partial charge in [0.15, 0.2) is 5.65 Å². The molecule has 3 atom stereocenters. The minimum atomic E-state index is -0.847. The number of aliphatic hydroxyl groups is 2. The molecule has 2 aromatic rings. The minimum Gasteiger partial charge on any atom is -0.396 e. The molecule has 0 fully saturated rings. The van der Waals surface area contributed by atoms with Crippen LogP contribution in [0.15, 0.2) is 12.5 Å². The fourth-order valence-corrected chi connectivity index (χ4v) is 2.59. The van der Waals surface area contributed by atoms with Crippen molar-refractivity contribution in [2.24, 2.45) is 5.92 Å². The van der Waals surface area contributed by atoms with Gasteiger partial charge in [-0.3, -0.25) is 14.7 Å². The number of fused-ring (bicyclic) bond motifs is 1. The van der Waals surface area contributed by atoms with E-state index in [1.807, 2.05) is 0 Å². The first-order chi connectivity index (χ1) is 10.9. The molecule has 10 heteroatoms. The molecule has 0 aromatic carbocycles. The summed E-state index contributed by atoms with van der Waals surface area (Å²) in [7, 11) is 1.43. The Morgan fingerprint density at radius 1 is 1.52 bits per heavy atom. The Morgan fingerprint density at radius 3 is 2.78 bits per heavy atom. The third-order valence-electron chi connectivity index (χ3n) is 3.81. The molecule has 0 saturated heterocycles. The largest absolute Gasteiger partial charge is 0.396 e. The topological polar surface area (TPSA) is 150 Å². The van der Waals surface area contributed by atoms with E-state index in [0.29, 0.717) is 0 Å². The molecule has 4 N–H and O–H groups in total. The van der Waals surface area contributed by atoms with Crippen molar-refractivity contribution in [3.63, 3.8) is 0 Å². The third-order valence-corrected chi connectivity index (χ3v) is 3.81. The predicted molar refractivity (Wildman–Crippen MR) is 81.5 cm³/mol.